The maximum atomic E-state index is 5.20. The molecule has 0 N–H and O–H groups in total. The number of halogens is 2. The fourth-order valence-corrected chi connectivity index (χ4v) is 2.90. The topological polar surface area (TPSA) is 50.9 Å². The second-order valence-corrected chi connectivity index (χ2v) is 5.43. The average Bonchev–Trinajstić information content (AvgIpc) is 3.00. The number of hydrogen-bond donors (Lipinski definition) is 0. The summed E-state index contributed by atoms with van der Waals surface area (Å²) < 4.78 is 5.66. The van der Waals surface area contributed by atoms with Crippen LogP contribution in [0.25, 0.3) is 0 Å². The highest BCUT2D eigenvalue weighted by Gasteiger charge is 2.36. The number of nitrogens with zero attached hydrogens (tertiary/aromatic N) is 3. The standard InChI is InChI=1S/C11H14BrN3O2.ClH/c12-11-3-10(17-14-11)7-16-13-4-9-6-15-2-1-8(9)5-15;/h3-4,8-9H,1-2,5-7H2;1H. The summed E-state index contributed by atoms with van der Waals surface area (Å²) in [5.74, 6) is 2.01. The van der Waals surface area contributed by atoms with E-state index in [0.717, 1.165) is 12.5 Å². The van der Waals surface area contributed by atoms with Gasteiger partial charge in [0.25, 0.3) is 0 Å². The minimum atomic E-state index is 0. The van der Waals surface area contributed by atoms with Crippen LogP contribution in [0.2, 0.25) is 0 Å². The Labute approximate surface area is 120 Å². The molecule has 2 aliphatic rings. The lowest BCUT2D eigenvalue weighted by atomic mass is 9.94. The van der Waals surface area contributed by atoms with Gasteiger partial charge in [-0.1, -0.05) is 10.3 Å². The highest BCUT2D eigenvalue weighted by atomic mass is 79.9. The minimum absolute atomic E-state index is 0. The highest BCUT2D eigenvalue weighted by molar-refractivity contribution is 9.10. The predicted octanol–water partition coefficient (Wildman–Crippen LogP) is 2.31. The Bertz CT molecular complexity index is 426. The van der Waals surface area contributed by atoms with Crippen LogP contribution in [0.4, 0.5) is 0 Å². The fourth-order valence-electron chi connectivity index (χ4n) is 2.57. The third kappa shape index (κ3) is 3.05. The molecule has 3 atom stereocenters. The van der Waals surface area contributed by atoms with Gasteiger partial charge in [0.05, 0.1) is 0 Å². The van der Waals surface area contributed by atoms with Crippen LogP contribution >= 0.6 is 28.3 Å². The number of hydrogen-bond acceptors (Lipinski definition) is 5. The van der Waals surface area contributed by atoms with E-state index in [4.69, 9.17) is 9.36 Å². The summed E-state index contributed by atoms with van der Waals surface area (Å²) in [6.45, 7) is 3.94. The Morgan fingerprint density at radius 2 is 2.50 bits per heavy atom. The van der Waals surface area contributed by atoms with E-state index < -0.39 is 0 Å². The summed E-state index contributed by atoms with van der Waals surface area (Å²) in [7, 11) is 0. The van der Waals surface area contributed by atoms with Crippen molar-refractivity contribution in [2.75, 3.05) is 19.6 Å². The van der Waals surface area contributed by atoms with E-state index in [0.29, 0.717) is 22.9 Å². The van der Waals surface area contributed by atoms with E-state index in [-0.39, 0.29) is 12.4 Å². The monoisotopic (exact) mass is 335 g/mol. The van der Waals surface area contributed by atoms with E-state index in [2.05, 4.69) is 31.1 Å². The van der Waals surface area contributed by atoms with Gasteiger partial charge in [-0.2, -0.15) is 0 Å². The Morgan fingerprint density at radius 1 is 1.61 bits per heavy atom. The molecule has 3 unspecified atom stereocenters. The Kier molecular flexibility index (Phi) is 4.64. The lowest BCUT2D eigenvalue weighted by Crippen LogP contribution is -2.24. The van der Waals surface area contributed by atoms with Gasteiger partial charge in [-0.25, -0.2) is 0 Å². The fraction of sp³-hybridized carbons (Fsp3) is 0.636. The first-order valence-corrected chi connectivity index (χ1v) is 6.59. The van der Waals surface area contributed by atoms with Gasteiger partial charge in [0.2, 0.25) is 0 Å². The van der Waals surface area contributed by atoms with Crippen LogP contribution in [0.15, 0.2) is 20.3 Å². The molecule has 5 nitrogen and oxygen atoms in total. The quantitative estimate of drug-likeness (QED) is 0.625. The number of rotatable bonds is 4. The molecule has 3 heterocycles. The first-order valence-electron chi connectivity index (χ1n) is 5.80. The molecule has 18 heavy (non-hydrogen) atoms. The van der Waals surface area contributed by atoms with Crippen molar-refractivity contribution in [2.24, 2.45) is 17.0 Å². The summed E-state index contributed by atoms with van der Waals surface area (Å²) in [5, 5.41) is 7.73. The summed E-state index contributed by atoms with van der Waals surface area (Å²) in [4.78, 5) is 7.68. The number of aromatic nitrogens is 1. The molecule has 0 aromatic carbocycles. The van der Waals surface area contributed by atoms with E-state index in [9.17, 15) is 0 Å². The lowest BCUT2D eigenvalue weighted by molar-refractivity contribution is 0.108. The van der Waals surface area contributed by atoms with Gasteiger partial charge < -0.3 is 14.3 Å². The molecule has 0 radical (unpaired) electrons. The molecule has 7 heteroatoms. The van der Waals surface area contributed by atoms with Crippen LogP contribution in [0.1, 0.15) is 12.2 Å². The Morgan fingerprint density at radius 3 is 3.11 bits per heavy atom. The zero-order valence-corrected chi connectivity index (χ0v) is 12.2. The molecule has 2 aliphatic heterocycles. The third-order valence-electron chi connectivity index (χ3n) is 3.45. The molecule has 2 fully saturated rings. The zero-order chi connectivity index (χ0) is 11.7. The van der Waals surface area contributed by atoms with E-state index in [1.165, 1.54) is 19.5 Å². The van der Waals surface area contributed by atoms with Crippen LogP contribution < -0.4 is 0 Å². The molecular weight excluding hydrogens is 321 g/mol. The zero-order valence-electron chi connectivity index (χ0n) is 9.79. The molecule has 0 spiro atoms. The molecule has 3 rings (SSSR count). The van der Waals surface area contributed by atoms with Gasteiger partial charge in [-0.3, -0.25) is 0 Å². The van der Waals surface area contributed by atoms with Crippen molar-refractivity contribution in [3.8, 4) is 0 Å². The van der Waals surface area contributed by atoms with Crippen LogP contribution in [-0.2, 0) is 11.4 Å². The number of fused-ring (bicyclic) bond motifs is 2. The molecular formula is C11H15BrClN3O2. The molecule has 0 amide bonds. The average molecular weight is 337 g/mol. The molecule has 1 aromatic rings. The Balaban J connectivity index is 0.00000120. The van der Waals surface area contributed by atoms with Crippen LogP contribution in [0.5, 0.6) is 0 Å². The van der Waals surface area contributed by atoms with E-state index in [1.807, 2.05) is 6.21 Å². The SMILES string of the molecule is Brc1cc(CON=CC2CN3CCC2C3)on1.Cl. The van der Waals surface area contributed by atoms with Crippen molar-refractivity contribution in [2.45, 2.75) is 13.0 Å². The van der Waals surface area contributed by atoms with Gasteiger partial charge >= 0.3 is 0 Å². The van der Waals surface area contributed by atoms with Gasteiger partial charge in [-0.15, -0.1) is 12.4 Å². The van der Waals surface area contributed by atoms with Crippen molar-refractivity contribution in [1.29, 1.82) is 0 Å². The van der Waals surface area contributed by atoms with Crippen LogP contribution in [0.3, 0.4) is 0 Å². The Hall–Kier alpha value is -0.590. The van der Waals surface area contributed by atoms with E-state index in [1.54, 1.807) is 6.07 Å². The second-order valence-electron chi connectivity index (χ2n) is 4.62. The summed E-state index contributed by atoms with van der Waals surface area (Å²) in [5.41, 5.74) is 0. The van der Waals surface area contributed by atoms with Crippen molar-refractivity contribution < 1.29 is 9.36 Å². The third-order valence-corrected chi connectivity index (χ3v) is 3.82. The molecule has 2 bridgehead atoms. The maximum absolute atomic E-state index is 5.20. The predicted molar refractivity (Wildman–Crippen MR) is 72.8 cm³/mol. The molecule has 1 aromatic heterocycles. The molecule has 2 saturated heterocycles. The highest BCUT2D eigenvalue weighted by Crippen LogP contribution is 2.31. The molecule has 0 aliphatic carbocycles. The largest absolute Gasteiger partial charge is 0.388 e. The van der Waals surface area contributed by atoms with E-state index >= 15 is 0 Å². The summed E-state index contributed by atoms with van der Waals surface area (Å²) >= 11 is 3.21. The maximum Gasteiger partial charge on any atom is 0.178 e. The normalized spacial score (nSPS) is 29.7. The van der Waals surface area contributed by atoms with Crippen LogP contribution in [-0.4, -0.2) is 35.9 Å². The lowest BCUT2D eigenvalue weighted by Gasteiger charge is -2.17. The summed E-state index contributed by atoms with van der Waals surface area (Å²) in [6, 6.07) is 1.78. The number of oxime groups is 1. The second kappa shape index (κ2) is 6.04. The van der Waals surface area contributed by atoms with Gasteiger partial charge in [0.15, 0.2) is 12.4 Å². The minimum Gasteiger partial charge on any atom is -0.388 e. The smallest absolute Gasteiger partial charge is 0.178 e. The first-order chi connectivity index (χ1) is 8.31. The summed E-state index contributed by atoms with van der Waals surface area (Å²) in [6.07, 6.45) is 3.24. The van der Waals surface area contributed by atoms with Crippen molar-refractivity contribution in [1.82, 2.24) is 10.1 Å². The van der Waals surface area contributed by atoms with Crippen LogP contribution in [0, 0.1) is 11.8 Å². The van der Waals surface area contributed by atoms with Gasteiger partial charge in [-0.05, 0) is 34.8 Å². The van der Waals surface area contributed by atoms with Gasteiger partial charge in [0, 0.05) is 31.3 Å². The molecule has 0 saturated carbocycles. The first kappa shape index (κ1) is 13.8. The van der Waals surface area contributed by atoms with Gasteiger partial charge in [0.1, 0.15) is 4.60 Å². The van der Waals surface area contributed by atoms with Crippen molar-refractivity contribution >= 4 is 34.6 Å². The number of piperidine rings is 1. The van der Waals surface area contributed by atoms with Crippen molar-refractivity contribution in [3.05, 3.63) is 16.4 Å². The molecule has 100 valence electrons. The van der Waals surface area contributed by atoms with Crippen molar-refractivity contribution in [3.63, 3.8) is 0 Å².